The summed E-state index contributed by atoms with van der Waals surface area (Å²) in [5, 5.41) is 0. The molecule has 2 aliphatic rings. The van der Waals surface area contributed by atoms with Crippen LogP contribution in [0.1, 0.15) is 43.9 Å². The predicted octanol–water partition coefficient (Wildman–Crippen LogP) is 6.58. The van der Waals surface area contributed by atoms with Crippen molar-refractivity contribution in [3.05, 3.63) is 107 Å². The molecule has 3 aromatic carbocycles. The molecule has 4 aromatic rings. The molecule has 0 radical (unpaired) electrons. The van der Waals surface area contributed by atoms with Crippen molar-refractivity contribution in [2.75, 3.05) is 25.7 Å². The topological polar surface area (TPSA) is 73.1 Å². The molecule has 0 N–H and O–H groups in total. The van der Waals surface area contributed by atoms with Crippen molar-refractivity contribution in [2.24, 2.45) is 4.99 Å². The number of aromatic nitrogens is 1. The Morgan fingerprint density at radius 3 is 2.60 bits per heavy atom. The number of anilines is 2. The van der Waals surface area contributed by atoms with Crippen LogP contribution in [0.15, 0.2) is 96.0 Å². The molecule has 0 amide bonds. The maximum atomic E-state index is 14.2. The normalized spacial score (nSPS) is 15.9. The second-order valence-corrected chi connectivity index (χ2v) is 13.1. The highest BCUT2D eigenvalue weighted by molar-refractivity contribution is 9.10. The number of methoxy groups -OCH3 is 1. The van der Waals surface area contributed by atoms with Crippen LogP contribution in [-0.4, -0.2) is 31.3 Å². The van der Waals surface area contributed by atoms with Gasteiger partial charge in [-0.25, -0.2) is 9.79 Å². The number of para-hydroxylation sites is 1. The Bertz CT molecular complexity index is 1960. The van der Waals surface area contributed by atoms with Gasteiger partial charge >= 0.3 is 5.97 Å². The van der Waals surface area contributed by atoms with E-state index >= 15 is 0 Å². The summed E-state index contributed by atoms with van der Waals surface area (Å²) < 4.78 is 13.9. The van der Waals surface area contributed by atoms with Gasteiger partial charge in [0, 0.05) is 16.8 Å². The zero-order chi connectivity index (χ0) is 30.2. The lowest BCUT2D eigenvalue weighted by atomic mass is 9.94. The number of halogens is 1. The molecule has 0 bridgehead atoms. The van der Waals surface area contributed by atoms with Crippen LogP contribution >= 0.6 is 39.0 Å². The van der Waals surface area contributed by atoms with Gasteiger partial charge in [0.2, 0.25) is 0 Å². The number of ether oxygens (including phenoxy) is 2. The first kappa shape index (κ1) is 29.5. The number of fused-ring (bicyclic) bond motifs is 3. The van der Waals surface area contributed by atoms with Gasteiger partial charge in [-0.15, -0.1) is 0 Å². The van der Waals surface area contributed by atoms with Crippen LogP contribution < -0.4 is 24.5 Å². The molecule has 6 rings (SSSR count). The van der Waals surface area contributed by atoms with Crippen molar-refractivity contribution in [2.45, 2.75) is 42.5 Å². The number of esters is 1. The van der Waals surface area contributed by atoms with E-state index in [0.29, 0.717) is 32.8 Å². The van der Waals surface area contributed by atoms with Crippen molar-refractivity contribution < 1.29 is 14.3 Å². The molecule has 43 heavy (non-hydrogen) atoms. The molecule has 2 aliphatic heterocycles. The monoisotopic (exact) mass is 675 g/mol. The number of nitrogens with zero attached hydrogens (tertiary/aromatic N) is 3. The lowest BCUT2D eigenvalue weighted by molar-refractivity contribution is -0.139. The molecule has 0 saturated carbocycles. The average Bonchev–Trinajstić information content (AvgIpc) is 3.30. The number of benzene rings is 3. The molecule has 0 aliphatic carbocycles. The van der Waals surface area contributed by atoms with E-state index in [0.717, 1.165) is 32.6 Å². The van der Waals surface area contributed by atoms with Crippen LogP contribution in [0.25, 0.3) is 6.08 Å². The van der Waals surface area contributed by atoms with Crippen LogP contribution in [0.4, 0.5) is 11.4 Å². The predicted molar refractivity (Wildman–Crippen MR) is 175 cm³/mol. The Morgan fingerprint density at radius 2 is 1.86 bits per heavy atom. The van der Waals surface area contributed by atoms with Crippen molar-refractivity contribution in [3.8, 4) is 5.75 Å². The summed E-state index contributed by atoms with van der Waals surface area (Å²) in [6, 6.07) is 19.5. The minimum atomic E-state index is -0.689. The number of rotatable bonds is 7. The number of hydrogen-bond donors (Lipinski definition) is 0. The van der Waals surface area contributed by atoms with E-state index in [4.69, 9.17) is 14.5 Å². The zero-order valence-electron chi connectivity index (χ0n) is 24.2. The lowest BCUT2D eigenvalue weighted by Crippen LogP contribution is -2.40. The molecular weight excluding hydrogens is 646 g/mol. The number of thiazole rings is 1. The molecule has 0 spiro atoms. The standard InChI is InChI=1S/C33H30BrN3O4S2/c1-5-9-22-29(32(39)41-6-2)30(20-13-15-25(40-4)21(34)18-20)37-31(38)28(43-33(37)35-22)17-19-12-14-24-27(16-19)42-26-11-8-7-10-23(26)36(24)3/h7-8,10-18,30H,5-6,9H2,1-4H3/b28-17+/t30-/m0/s1. The van der Waals surface area contributed by atoms with Gasteiger partial charge in [0.05, 0.1) is 51.4 Å². The first-order chi connectivity index (χ1) is 20.8. The molecule has 7 nitrogen and oxygen atoms in total. The van der Waals surface area contributed by atoms with Gasteiger partial charge in [-0.3, -0.25) is 9.36 Å². The number of hydrogen-bond acceptors (Lipinski definition) is 8. The van der Waals surface area contributed by atoms with Crippen LogP contribution in [0, 0.1) is 0 Å². The summed E-state index contributed by atoms with van der Waals surface area (Å²) in [4.78, 5) is 37.5. The maximum Gasteiger partial charge on any atom is 0.338 e. The van der Waals surface area contributed by atoms with Gasteiger partial charge < -0.3 is 14.4 Å². The number of allylic oxidation sites excluding steroid dienone is 1. The van der Waals surface area contributed by atoms with E-state index in [9.17, 15) is 9.59 Å². The highest BCUT2D eigenvalue weighted by Gasteiger charge is 2.34. The number of carbonyl (C=O) groups is 1. The maximum absolute atomic E-state index is 14.2. The molecule has 10 heteroatoms. The Morgan fingerprint density at radius 1 is 1.07 bits per heavy atom. The lowest BCUT2D eigenvalue weighted by Gasteiger charge is -2.29. The highest BCUT2D eigenvalue weighted by Crippen LogP contribution is 2.47. The van der Waals surface area contributed by atoms with Crippen molar-refractivity contribution in [1.82, 2.24) is 4.57 Å². The van der Waals surface area contributed by atoms with Crippen molar-refractivity contribution in [3.63, 3.8) is 0 Å². The van der Waals surface area contributed by atoms with Gasteiger partial charge in [0.25, 0.3) is 5.56 Å². The minimum Gasteiger partial charge on any atom is -0.496 e. The third kappa shape index (κ3) is 5.36. The molecular formula is C33H30BrN3O4S2. The van der Waals surface area contributed by atoms with Gasteiger partial charge in [0.15, 0.2) is 4.80 Å². The Kier molecular flexibility index (Phi) is 8.35. The van der Waals surface area contributed by atoms with E-state index < -0.39 is 12.0 Å². The second kappa shape index (κ2) is 12.2. The fourth-order valence-electron chi connectivity index (χ4n) is 5.49. The van der Waals surface area contributed by atoms with E-state index in [1.165, 1.54) is 21.9 Å². The third-order valence-corrected chi connectivity index (χ3v) is 10.2. The Balaban J connectivity index is 1.51. The summed E-state index contributed by atoms with van der Waals surface area (Å²) in [7, 11) is 3.67. The summed E-state index contributed by atoms with van der Waals surface area (Å²) in [6.07, 6.45) is 3.30. The van der Waals surface area contributed by atoms with Crippen molar-refractivity contribution in [1.29, 1.82) is 0 Å². The van der Waals surface area contributed by atoms with E-state index in [-0.39, 0.29) is 12.2 Å². The Labute approximate surface area is 266 Å². The number of carbonyl (C=O) groups excluding carboxylic acids is 1. The van der Waals surface area contributed by atoms with E-state index in [2.05, 4.69) is 52.1 Å². The first-order valence-corrected chi connectivity index (χ1v) is 16.5. The summed E-state index contributed by atoms with van der Waals surface area (Å²) in [6.45, 7) is 4.05. The van der Waals surface area contributed by atoms with Gasteiger partial charge in [0.1, 0.15) is 5.75 Å². The molecule has 1 atom stereocenters. The van der Waals surface area contributed by atoms with E-state index in [1.54, 1.807) is 30.4 Å². The molecule has 3 heterocycles. The second-order valence-electron chi connectivity index (χ2n) is 10.2. The summed E-state index contributed by atoms with van der Waals surface area (Å²) in [5.41, 5.74) is 4.82. The van der Waals surface area contributed by atoms with Crippen LogP contribution in [-0.2, 0) is 9.53 Å². The summed E-state index contributed by atoms with van der Waals surface area (Å²) >= 11 is 6.65. The van der Waals surface area contributed by atoms with E-state index in [1.807, 2.05) is 49.4 Å². The molecule has 1 aromatic heterocycles. The van der Waals surface area contributed by atoms with Gasteiger partial charge in [-0.1, -0.05) is 60.7 Å². The third-order valence-electron chi connectivity index (χ3n) is 7.47. The molecule has 0 saturated heterocycles. The average molecular weight is 677 g/mol. The Hall–Kier alpha value is -3.60. The SMILES string of the molecule is CCCC1=C(C(=O)OCC)[C@H](c2ccc(OC)c(Br)c2)n2c(s/c(=C/c3ccc4c(c3)Sc3ccccc3N4C)c2=O)=N1. The van der Waals surface area contributed by atoms with Gasteiger partial charge in [-0.2, -0.15) is 0 Å². The minimum absolute atomic E-state index is 0.203. The quantitative estimate of drug-likeness (QED) is 0.206. The van der Waals surface area contributed by atoms with Crippen molar-refractivity contribution >= 4 is 62.4 Å². The van der Waals surface area contributed by atoms with Crippen LogP contribution in [0.2, 0.25) is 0 Å². The van der Waals surface area contributed by atoms with Crippen LogP contribution in [0.5, 0.6) is 5.75 Å². The smallest absolute Gasteiger partial charge is 0.338 e. The fraction of sp³-hybridized carbons (Fsp3) is 0.242. The first-order valence-electron chi connectivity index (χ1n) is 14.0. The highest BCUT2D eigenvalue weighted by atomic mass is 79.9. The molecule has 0 fully saturated rings. The van der Waals surface area contributed by atoms with Gasteiger partial charge in [-0.05, 0) is 82.9 Å². The summed E-state index contributed by atoms with van der Waals surface area (Å²) in [5.74, 6) is 0.196. The van der Waals surface area contributed by atoms with Crippen LogP contribution in [0.3, 0.4) is 0 Å². The largest absolute Gasteiger partial charge is 0.496 e. The molecule has 220 valence electrons. The molecule has 0 unspecified atom stereocenters. The zero-order valence-corrected chi connectivity index (χ0v) is 27.4. The fourth-order valence-corrected chi connectivity index (χ4v) is 8.26.